The predicted octanol–water partition coefficient (Wildman–Crippen LogP) is 1.14. The van der Waals surface area contributed by atoms with Crippen LogP contribution in [0.2, 0.25) is 0 Å². The zero-order chi connectivity index (χ0) is 20.3. The average molecular weight is 436 g/mol. The Kier molecular flexibility index (Phi) is 7.78. The van der Waals surface area contributed by atoms with Gasteiger partial charge in [0, 0.05) is 57.1 Å². The highest BCUT2D eigenvalue weighted by Crippen LogP contribution is 2.27. The fourth-order valence-electron chi connectivity index (χ4n) is 3.31. The molecule has 0 radical (unpaired) electrons. The molecule has 0 aromatic carbocycles. The Morgan fingerprint density at radius 3 is 2.55 bits per heavy atom. The summed E-state index contributed by atoms with van der Waals surface area (Å²) in [5.41, 5.74) is 1.78. The Labute approximate surface area is 172 Å². The van der Waals surface area contributed by atoms with Crippen molar-refractivity contribution in [3.8, 4) is 0 Å². The fourth-order valence-corrected chi connectivity index (χ4v) is 3.31. The summed E-state index contributed by atoms with van der Waals surface area (Å²) in [4.78, 5) is 22.0. The van der Waals surface area contributed by atoms with Gasteiger partial charge in [-0.05, 0) is 25.8 Å². The first-order chi connectivity index (χ1) is 13.3. The minimum Gasteiger partial charge on any atom is -0.355 e. The van der Waals surface area contributed by atoms with Crippen LogP contribution in [0.5, 0.6) is 0 Å². The third-order valence-corrected chi connectivity index (χ3v) is 4.86. The van der Waals surface area contributed by atoms with Crippen molar-refractivity contribution in [3.63, 3.8) is 0 Å². The van der Waals surface area contributed by atoms with E-state index in [2.05, 4.69) is 30.6 Å². The first kappa shape index (κ1) is 23.3. The highest BCUT2D eigenvalue weighted by molar-refractivity contribution is 5.85. The van der Waals surface area contributed by atoms with Gasteiger partial charge in [0.25, 0.3) is 11.6 Å². The Balaban J connectivity index is 0.00000300. The van der Waals surface area contributed by atoms with Crippen molar-refractivity contribution >= 4 is 24.1 Å². The van der Waals surface area contributed by atoms with Crippen molar-refractivity contribution < 1.29 is 18.0 Å². The van der Waals surface area contributed by atoms with Crippen LogP contribution in [-0.2, 0) is 17.4 Å². The molecule has 0 unspecified atom stereocenters. The van der Waals surface area contributed by atoms with Crippen LogP contribution in [0.1, 0.15) is 29.2 Å². The fraction of sp³-hybridized carbons (Fsp3) is 0.647. The molecule has 2 aromatic rings. The van der Waals surface area contributed by atoms with E-state index >= 15 is 0 Å². The zero-order valence-corrected chi connectivity index (χ0v) is 17.2. The number of nitrogens with one attached hydrogen (secondary N) is 2. The standard InChI is InChI=1S/C17H24F3N7O.ClH/c1-11-13(3-4-14(28)22-7-10-26-8-5-21-6-9-26)12(2)27-16(23-11)24-15(25-27)17(18,19)20;/h21H,3-10H2,1-2H3,(H,22,28);1H. The summed E-state index contributed by atoms with van der Waals surface area (Å²) in [6.07, 6.45) is -4.02. The van der Waals surface area contributed by atoms with Crippen molar-refractivity contribution in [2.75, 3.05) is 39.3 Å². The molecule has 3 rings (SSSR count). The SMILES string of the molecule is Cc1nc2nc(C(F)(F)F)nn2c(C)c1CCC(=O)NCCN1CCNCC1.Cl. The third kappa shape index (κ3) is 5.77. The van der Waals surface area contributed by atoms with E-state index in [0.29, 0.717) is 29.9 Å². The summed E-state index contributed by atoms with van der Waals surface area (Å²) < 4.78 is 39.6. The van der Waals surface area contributed by atoms with E-state index in [4.69, 9.17) is 0 Å². The van der Waals surface area contributed by atoms with Gasteiger partial charge in [0.05, 0.1) is 0 Å². The molecule has 1 aliphatic heterocycles. The maximum absolute atomic E-state index is 12.8. The highest BCUT2D eigenvalue weighted by Gasteiger charge is 2.36. The van der Waals surface area contributed by atoms with Gasteiger partial charge in [-0.25, -0.2) is 9.50 Å². The van der Waals surface area contributed by atoms with Gasteiger partial charge in [0.15, 0.2) is 0 Å². The number of hydrogen-bond donors (Lipinski definition) is 2. The van der Waals surface area contributed by atoms with Gasteiger partial charge in [-0.1, -0.05) is 0 Å². The van der Waals surface area contributed by atoms with E-state index in [0.717, 1.165) is 37.2 Å². The molecular formula is C17H25ClF3N7O. The topological polar surface area (TPSA) is 87.4 Å². The molecule has 0 bridgehead atoms. The van der Waals surface area contributed by atoms with Crippen LogP contribution < -0.4 is 10.6 Å². The van der Waals surface area contributed by atoms with Gasteiger partial charge < -0.3 is 10.6 Å². The second-order valence-corrected chi connectivity index (χ2v) is 6.85. The summed E-state index contributed by atoms with van der Waals surface area (Å²) in [5.74, 6) is -1.40. The number of rotatable bonds is 6. The first-order valence-electron chi connectivity index (χ1n) is 9.25. The van der Waals surface area contributed by atoms with Crippen molar-refractivity contribution in [1.29, 1.82) is 0 Å². The molecule has 29 heavy (non-hydrogen) atoms. The van der Waals surface area contributed by atoms with Gasteiger partial charge in [0.1, 0.15) is 0 Å². The second-order valence-electron chi connectivity index (χ2n) is 6.85. The number of carbonyl (C=O) groups is 1. The number of fused-ring (bicyclic) bond motifs is 1. The van der Waals surface area contributed by atoms with Gasteiger partial charge >= 0.3 is 6.18 Å². The highest BCUT2D eigenvalue weighted by atomic mass is 35.5. The third-order valence-electron chi connectivity index (χ3n) is 4.86. The van der Waals surface area contributed by atoms with Crippen LogP contribution in [0, 0.1) is 13.8 Å². The quantitative estimate of drug-likeness (QED) is 0.707. The first-order valence-corrected chi connectivity index (χ1v) is 9.25. The molecule has 1 fully saturated rings. The van der Waals surface area contributed by atoms with Gasteiger partial charge in [-0.3, -0.25) is 9.69 Å². The molecule has 2 N–H and O–H groups in total. The number of alkyl halides is 3. The molecule has 1 saturated heterocycles. The summed E-state index contributed by atoms with van der Waals surface area (Å²) >= 11 is 0. The van der Waals surface area contributed by atoms with Gasteiger partial charge in [-0.15, -0.1) is 17.5 Å². The number of aromatic nitrogens is 4. The minimum atomic E-state index is -4.63. The van der Waals surface area contributed by atoms with Crippen LogP contribution in [0.25, 0.3) is 5.78 Å². The lowest BCUT2D eigenvalue weighted by atomic mass is 10.1. The smallest absolute Gasteiger partial charge is 0.355 e. The molecule has 12 heteroatoms. The number of nitrogens with zero attached hydrogens (tertiary/aromatic N) is 5. The summed E-state index contributed by atoms with van der Waals surface area (Å²) in [6, 6.07) is 0. The second kappa shape index (κ2) is 9.68. The van der Waals surface area contributed by atoms with Crippen LogP contribution in [0.4, 0.5) is 13.2 Å². The Bertz CT molecular complexity index is 850. The van der Waals surface area contributed by atoms with E-state index in [-0.39, 0.29) is 30.5 Å². The lowest BCUT2D eigenvalue weighted by Gasteiger charge is -2.27. The number of carbonyl (C=O) groups excluding carboxylic acids is 1. The van der Waals surface area contributed by atoms with Crippen molar-refractivity contribution in [2.45, 2.75) is 32.9 Å². The van der Waals surface area contributed by atoms with Crippen molar-refractivity contribution in [2.24, 2.45) is 0 Å². The van der Waals surface area contributed by atoms with Crippen LogP contribution in [0.3, 0.4) is 0 Å². The van der Waals surface area contributed by atoms with Crippen LogP contribution in [0.15, 0.2) is 0 Å². The van der Waals surface area contributed by atoms with E-state index in [1.165, 1.54) is 0 Å². The maximum Gasteiger partial charge on any atom is 0.453 e. The number of halogens is 4. The van der Waals surface area contributed by atoms with E-state index in [1.54, 1.807) is 13.8 Å². The zero-order valence-electron chi connectivity index (χ0n) is 16.3. The van der Waals surface area contributed by atoms with Gasteiger partial charge in [-0.2, -0.15) is 18.2 Å². The van der Waals surface area contributed by atoms with E-state index < -0.39 is 12.0 Å². The molecular weight excluding hydrogens is 411 g/mol. The van der Waals surface area contributed by atoms with Crippen molar-refractivity contribution in [3.05, 3.63) is 22.8 Å². The number of hydrogen-bond acceptors (Lipinski definition) is 6. The normalized spacial score (nSPS) is 15.3. The van der Waals surface area contributed by atoms with Crippen LogP contribution in [-0.4, -0.2) is 69.7 Å². The largest absolute Gasteiger partial charge is 0.453 e. The monoisotopic (exact) mass is 435 g/mol. The molecule has 1 aliphatic rings. The minimum absolute atomic E-state index is 0. The summed E-state index contributed by atoms with van der Waals surface area (Å²) in [6.45, 7) is 8.60. The lowest BCUT2D eigenvalue weighted by Crippen LogP contribution is -2.46. The molecule has 1 amide bonds. The number of aryl methyl sites for hydroxylation is 2. The molecule has 8 nitrogen and oxygen atoms in total. The molecule has 0 spiro atoms. The Hall–Kier alpha value is -1.98. The molecule has 2 aromatic heterocycles. The van der Waals surface area contributed by atoms with Gasteiger partial charge in [0.2, 0.25) is 5.91 Å². The molecule has 0 atom stereocenters. The Morgan fingerprint density at radius 1 is 1.21 bits per heavy atom. The van der Waals surface area contributed by atoms with E-state index in [9.17, 15) is 18.0 Å². The van der Waals surface area contributed by atoms with Crippen molar-refractivity contribution in [1.82, 2.24) is 35.1 Å². The maximum atomic E-state index is 12.8. The summed E-state index contributed by atoms with van der Waals surface area (Å²) in [5, 5.41) is 9.69. The van der Waals surface area contributed by atoms with Crippen LogP contribution >= 0.6 is 12.4 Å². The Morgan fingerprint density at radius 2 is 1.90 bits per heavy atom. The van der Waals surface area contributed by atoms with E-state index in [1.807, 2.05) is 0 Å². The molecule has 0 saturated carbocycles. The molecule has 162 valence electrons. The molecule has 0 aliphatic carbocycles. The lowest BCUT2D eigenvalue weighted by molar-refractivity contribution is -0.144. The number of amides is 1. The molecule has 3 heterocycles. The summed E-state index contributed by atoms with van der Waals surface area (Å²) in [7, 11) is 0. The number of piperazine rings is 1. The predicted molar refractivity (Wildman–Crippen MR) is 103 cm³/mol. The average Bonchev–Trinajstić information content (AvgIpc) is 3.07.